The summed E-state index contributed by atoms with van der Waals surface area (Å²) in [6.07, 6.45) is 1.04. The van der Waals surface area contributed by atoms with Gasteiger partial charge in [0.1, 0.15) is 5.82 Å². The first-order chi connectivity index (χ1) is 12.1. The topological polar surface area (TPSA) is 72.9 Å². The fourth-order valence-corrected chi connectivity index (χ4v) is 3.15. The molecule has 1 atom stereocenters. The second-order valence-electron chi connectivity index (χ2n) is 6.19. The molecular weight excluding hydrogens is 383 g/mol. The van der Waals surface area contributed by atoms with Crippen LogP contribution in [0.1, 0.15) is 37.7 Å². The number of aromatic nitrogens is 2. The maximum absolute atomic E-state index is 12.3. The number of amides is 1. The average molecular weight is 409 g/mol. The lowest BCUT2D eigenvalue weighted by Gasteiger charge is -2.15. The molecule has 3 rings (SSSR count). The van der Waals surface area contributed by atoms with Gasteiger partial charge in [0.25, 0.3) is 0 Å². The summed E-state index contributed by atoms with van der Waals surface area (Å²) < 4.78 is 2.15. The van der Waals surface area contributed by atoms with Crippen LogP contribution in [-0.4, -0.2) is 15.5 Å². The number of halogens is 2. The van der Waals surface area contributed by atoms with Crippen molar-refractivity contribution in [1.29, 1.82) is 0 Å². The molecule has 0 aliphatic carbocycles. The van der Waals surface area contributed by atoms with E-state index in [1.807, 2.05) is 49.4 Å². The fraction of sp³-hybridized carbons (Fsp3) is 0.300. The Balaban J connectivity index is 0.00000182. The van der Waals surface area contributed by atoms with Crippen molar-refractivity contribution < 1.29 is 4.79 Å². The molecule has 1 aromatic heterocycles. The molecule has 0 aliphatic heterocycles. The van der Waals surface area contributed by atoms with Gasteiger partial charge in [0, 0.05) is 18.7 Å². The first-order valence-electron chi connectivity index (χ1n) is 8.68. The number of nitrogens with one attached hydrogen (secondary N) is 1. The summed E-state index contributed by atoms with van der Waals surface area (Å²) in [5.74, 6) is 0.890. The smallest absolute Gasteiger partial charge is 0.220 e. The summed E-state index contributed by atoms with van der Waals surface area (Å²) >= 11 is 0. The molecule has 1 amide bonds. The van der Waals surface area contributed by atoms with Crippen molar-refractivity contribution in [3.8, 4) is 0 Å². The number of benzene rings is 2. The number of imidazole rings is 1. The van der Waals surface area contributed by atoms with Crippen molar-refractivity contribution >= 4 is 47.4 Å². The van der Waals surface area contributed by atoms with Gasteiger partial charge in [0.05, 0.1) is 17.1 Å². The van der Waals surface area contributed by atoms with Crippen LogP contribution in [0.2, 0.25) is 0 Å². The predicted octanol–water partition coefficient (Wildman–Crippen LogP) is 4.29. The minimum Gasteiger partial charge on any atom is -0.399 e. The zero-order valence-electron chi connectivity index (χ0n) is 15.5. The normalized spacial score (nSPS) is 11.3. The number of carbonyl (C=O) groups is 1. The van der Waals surface area contributed by atoms with Gasteiger partial charge in [0.2, 0.25) is 5.91 Å². The van der Waals surface area contributed by atoms with E-state index in [-0.39, 0.29) is 36.8 Å². The highest BCUT2D eigenvalue weighted by molar-refractivity contribution is 5.85. The Kier molecular flexibility index (Phi) is 8.60. The van der Waals surface area contributed by atoms with Gasteiger partial charge in [-0.2, -0.15) is 0 Å². The van der Waals surface area contributed by atoms with E-state index in [1.165, 1.54) is 0 Å². The Morgan fingerprint density at radius 1 is 1.15 bits per heavy atom. The van der Waals surface area contributed by atoms with E-state index >= 15 is 0 Å². The molecule has 2 aromatic carbocycles. The second kappa shape index (κ2) is 10.2. The van der Waals surface area contributed by atoms with Crippen LogP contribution in [-0.2, 0) is 17.8 Å². The summed E-state index contributed by atoms with van der Waals surface area (Å²) in [7, 11) is 0. The Morgan fingerprint density at radius 2 is 1.81 bits per heavy atom. The van der Waals surface area contributed by atoms with Crippen LogP contribution in [0.4, 0.5) is 5.69 Å². The molecule has 0 fully saturated rings. The number of aryl methyl sites for hydroxylation is 2. The van der Waals surface area contributed by atoms with E-state index in [0.717, 1.165) is 34.7 Å². The van der Waals surface area contributed by atoms with Gasteiger partial charge in [0.15, 0.2) is 0 Å². The van der Waals surface area contributed by atoms with Crippen LogP contribution in [0.25, 0.3) is 11.0 Å². The van der Waals surface area contributed by atoms with Crippen molar-refractivity contribution in [2.45, 2.75) is 39.3 Å². The van der Waals surface area contributed by atoms with Crippen molar-refractivity contribution in [1.82, 2.24) is 14.9 Å². The molecular formula is C20H26Cl2N4O. The fourth-order valence-electron chi connectivity index (χ4n) is 3.15. The zero-order valence-corrected chi connectivity index (χ0v) is 17.1. The predicted molar refractivity (Wildman–Crippen MR) is 116 cm³/mol. The molecule has 0 aliphatic rings. The van der Waals surface area contributed by atoms with Gasteiger partial charge < -0.3 is 15.6 Å². The van der Waals surface area contributed by atoms with Crippen LogP contribution < -0.4 is 11.1 Å². The number of nitrogens with zero attached hydrogens (tertiary/aromatic N) is 2. The van der Waals surface area contributed by atoms with Crippen LogP contribution in [0.3, 0.4) is 0 Å². The summed E-state index contributed by atoms with van der Waals surface area (Å²) in [5.41, 5.74) is 9.72. The Labute approximate surface area is 172 Å². The average Bonchev–Trinajstić information content (AvgIpc) is 3.00. The van der Waals surface area contributed by atoms with E-state index in [0.29, 0.717) is 12.8 Å². The number of fused-ring (bicyclic) bond motifs is 1. The summed E-state index contributed by atoms with van der Waals surface area (Å²) in [4.78, 5) is 17.0. The molecule has 0 radical (unpaired) electrons. The number of hydrogen-bond acceptors (Lipinski definition) is 3. The minimum atomic E-state index is -0.145. The lowest BCUT2D eigenvalue weighted by atomic mass is 10.1. The van der Waals surface area contributed by atoms with E-state index in [1.54, 1.807) is 0 Å². The Bertz CT molecular complexity index is 895. The molecule has 0 spiro atoms. The molecule has 146 valence electrons. The zero-order chi connectivity index (χ0) is 17.8. The molecule has 0 saturated carbocycles. The van der Waals surface area contributed by atoms with Crippen molar-refractivity contribution in [2.75, 3.05) is 5.73 Å². The first kappa shape index (κ1) is 22.8. The number of para-hydroxylation sites is 3. The second-order valence-corrected chi connectivity index (χ2v) is 6.19. The number of nitrogens with two attached hydrogens (primary N) is 1. The number of anilines is 1. The maximum Gasteiger partial charge on any atom is 0.220 e. The lowest BCUT2D eigenvalue weighted by molar-refractivity contribution is -0.121. The Morgan fingerprint density at radius 3 is 2.52 bits per heavy atom. The number of carbonyl (C=O) groups excluding carboxylic acids is 1. The van der Waals surface area contributed by atoms with Crippen molar-refractivity contribution in [3.05, 3.63) is 59.9 Å². The van der Waals surface area contributed by atoms with Crippen LogP contribution in [0.15, 0.2) is 48.5 Å². The monoisotopic (exact) mass is 408 g/mol. The third-order valence-corrected chi connectivity index (χ3v) is 4.44. The van der Waals surface area contributed by atoms with Crippen molar-refractivity contribution in [2.24, 2.45) is 0 Å². The largest absolute Gasteiger partial charge is 0.399 e. The van der Waals surface area contributed by atoms with E-state index in [9.17, 15) is 4.79 Å². The molecule has 3 aromatic rings. The van der Waals surface area contributed by atoms with Gasteiger partial charge in [-0.05, 0) is 44.0 Å². The highest BCUT2D eigenvalue weighted by atomic mass is 35.5. The highest BCUT2D eigenvalue weighted by Gasteiger charge is 2.17. The summed E-state index contributed by atoms with van der Waals surface area (Å²) in [5, 5.41) is 3.06. The minimum absolute atomic E-state index is 0. The third-order valence-electron chi connectivity index (χ3n) is 4.44. The van der Waals surface area contributed by atoms with Crippen molar-refractivity contribution in [3.63, 3.8) is 0 Å². The third kappa shape index (κ3) is 5.15. The number of hydrogen-bond donors (Lipinski definition) is 2. The van der Waals surface area contributed by atoms with Gasteiger partial charge in [-0.25, -0.2) is 4.98 Å². The maximum atomic E-state index is 12.3. The van der Waals surface area contributed by atoms with Crippen LogP contribution in [0.5, 0.6) is 0 Å². The Hall–Kier alpha value is -2.24. The molecule has 0 bridgehead atoms. The number of nitrogen functional groups attached to an aromatic ring is 1. The SMILES string of the molecule is CCn1c(C(C)NC(=O)CCc2ccccc2N)nc2ccccc21.Cl.Cl. The number of rotatable bonds is 6. The van der Waals surface area contributed by atoms with E-state index in [4.69, 9.17) is 10.7 Å². The van der Waals surface area contributed by atoms with Gasteiger partial charge >= 0.3 is 0 Å². The molecule has 1 heterocycles. The first-order valence-corrected chi connectivity index (χ1v) is 8.68. The molecule has 7 heteroatoms. The molecule has 5 nitrogen and oxygen atoms in total. The van der Waals surface area contributed by atoms with Gasteiger partial charge in [-0.3, -0.25) is 4.79 Å². The van der Waals surface area contributed by atoms with Crippen LogP contribution in [0, 0.1) is 0 Å². The molecule has 0 saturated heterocycles. The molecule has 1 unspecified atom stereocenters. The lowest BCUT2D eigenvalue weighted by Crippen LogP contribution is -2.28. The quantitative estimate of drug-likeness (QED) is 0.597. The van der Waals surface area contributed by atoms with Gasteiger partial charge in [-0.15, -0.1) is 24.8 Å². The highest BCUT2D eigenvalue weighted by Crippen LogP contribution is 2.21. The van der Waals surface area contributed by atoms with E-state index in [2.05, 4.69) is 22.9 Å². The summed E-state index contributed by atoms with van der Waals surface area (Å²) in [6, 6.07) is 15.6. The van der Waals surface area contributed by atoms with E-state index < -0.39 is 0 Å². The summed E-state index contributed by atoms with van der Waals surface area (Å²) in [6.45, 7) is 4.88. The molecule has 3 N–H and O–H groups in total. The standard InChI is InChI=1S/C20H24N4O.2ClH/c1-3-24-18-11-7-6-10-17(18)23-20(24)14(2)22-19(25)13-12-15-8-4-5-9-16(15)21;;/h4-11,14H,3,12-13,21H2,1-2H3,(H,22,25);2*1H. The molecule has 27 heavy (non-hydrogen) atoms. The van der Waals surface area contributed by atoms with Gasteiger partial charge in [-0.1, -0.05) is 30.3 Å². The van der Waals surface area contributed by atoms with Crippen LogP contribution >= 0.6 is 24.8 Å².